The fourth-order valence-electron chi connectivity index (χ4n) is 1.89. The number of halogens is 2. The maximum absolute atomic E-state index is 13.4. The van der Waals surface area contributed by atoms with Crippen molar-refractivity contribution in [1.82, 2.24) is 0 Å². The molecule has 2 aromatic carbocycles. The van der Waals surface area contributed by atoms with Crippen LogP contribution >= 0.6 is 15.9 Å². The van der Waals surface area contributed by atoms with Crippen LogP contribution in [0.5, 0.6) is 0 Å². The summed E-state index contributed by atoms with van der Waals surface area (Å²) in [6, 6.07) is 11.5. The zero-order chi connectivity index (χ0) is 16.1. The van der Waals surface area contributed by atoms with E-state index in [9.17, 15) is 9.18 Å². The number of hydrogen-bond donors (Lipinski definition) is 2. The Bertz CT molecular complexity index is 756. The van der Waals surface area contributed by atoms with E-state index < -0.39 is 5.82 Å². The third-order valence-electron chi connectivity index (χ3n) is 3.01. The quantitative estimate of drug-likeness (QED) is 0.869. The fraction of sp³-hybridized carbons (Fsp3) is 0.125. The Hall–Kier alpha value is -2.39. The molecule has 0 spiro atoms. The monoisotopic (exact) mass is 361 g/mol. The fourth-order valence-corrected chi connectivity index (χ4v) is 2.13. The summed E-state index contributed by atoms with van der Waals surface area (Å²) in [4.78, 5) is 11.9. The molecule has 0 radical (unpaired) electrons. The Morgan fingerprint density at radius 2 is 2.14 bits per heavy atom. The normalized spacial score (nSPS) is 9.91. The van der Waals surface area contributed by atoms with Crippen LogP contribution < -0.4 is 10.6 Å². The average molecular weight is 362 g/mol. The summed E-state index contributed by atoms with van der Waals surface area (Å²) in [7, 11) is 0. The van der Waals surface area contributed by atoms with Gasteiger partial charge in [0.05, 0.1) is 12.2 Å². The van der Waals surface area contributed by atoms with Gasteiger partial charge in [0.2, 0.25) is 5.91 Å². The highest BCUT2D eigenvalue weighted by atomic mass is 79.9. The van der Waals surface area contributed by atoms with E-state index in [4.69, 9.17) is 5.26 Å². The zero-order valence-corrected chi connectivity index (χ0v) is 13.4. The summed E-state index contributed by atoms with van der Waals surface area (Å²) in [6.45, 7) is 1.86. The van der Waals surface area contributed by atoms with Crippen molar-refractivity contribution in [3.63, 3.8) is 0 Å². The summed E-state index contributed by atoms with van der Waals surface area (Å²) in [5, 5.41) is 14.4. The highest BCUT2D eigenvalue weighted by Gasteiger charge is 2.09. The van der Waals surface area contributed by atoms with Crippen LogP contribution in [-0.4, -0.2) is 12.5 Å². The number of amides is 1. The number of carbonyl (C=O) groups excluding carboxylic acids is 1. The van der Waals surface area contributed by atoms with Crippen molar-refractivity contribution in [3.05, 3.63) is 57.8 Å². The molecule has 0 fully saturated rings. The van der Waals surface area contributed by atoms with Gasteiger partial charge in [-0.25, -0.2) is 4.39 Å². The number of aryl methyl sites for hydroxylation is 1. The molecule has 0 saturated carbocycles. The topological polar surface area (TPSA) is 64.9 Å². The molecule has 2 rings (SSSR count). The highest BCUT2D eigenvalue weighted by molar-refractivity contribution is 9.10. The molecular weight excluding hydrogens is 349 g/mol. The first-order valence-corrected chi connectivity index (χ1v) is 7.29. The second-order valence-electron chi connectivity index (χ2n) is 4.64. The molecule has 2 aromatic rings. The number of carbonyl (C=O) groups is 1. The van der Waals surface area contributed by atoms with Crippen molar-refractivity contribution in [1.29, 1.82) is 5.26 Å². The molecule has 0 atom stereocenters. The van der Waals surface area contributed by atoms with Gasteiger partial charge in [0, 0.05) is 10.2 Å². The van der Waals surface area contributed by atoms with Crippen molar-refractivity contribution >= 4 is 33.2 Å². The molecule has 0 bridgehead atoms. The largest absolute Gasteiger partial charge is 0.375 e. The van der Waals surface area contributed by atoms with Gasteiger partial charge in [-0.3, -0.25) is 4.79 Å². The number of rotatable bonds is 4. The summed E-state index contributed by atoms with van der Waals surface area (Å²) in [6.07, 6.45) is 0. The first-order valence-electron chi connectivity index (χ1n) is 6.49. The molecule has 0 heterocycles. The molecule has 0 saturated heterocycles. The maximum Gasteiger partial charge on any atom is 0.243 e. The van der Waals surface area contributed by atoms with E-state index in [-0.39, 0.29) is 18.0 Å². The second kappa shape index (κ2) is 7.05. The van der Waals surface area contributed by atoms with Crippen molar-refractivity contribution < 1.29 is 9.18 Å². The van der Waals surface area contributed by atoms with E-state index >= 15 is 0 Å². The van der Waals surface area contributed by atoms with Gasteiger partial charge in [0.15, 0.2) is 0 Å². The van der Waals surface area contributed by atoms with E-state index in [2.05, 4.69) is 26.6 Å². The number of nitriles is 1. The highest BCUT2D eigenvalue weighted by Crippen LogP contribution is 2.20. The number of nitrogens with one attached hydrogen (secondary N) is 2. The number of benzene rings is 2. The summed E-state index contributed by atoms with van der Waals surface area (Å²) >= 11 is 3.39. The lowest BCUT2D eigenvalue weighted by Gasteiger charge is -2.10. The van der Waals surface area contributed by atoms with Crippen molar-refractivity contribution in [2.45, 2.75) is 6.92 Å². The van der Waals surface area contributed by atoms with Gasteiger partial charge in [-0.2, -0.15) is 5.26 Å². The van der Waals surface area contributed by atoms with Crippen LogP contribution in [0.25, 0.3) is 0 Å². The zero-order valence-electron chi connectivity index (χ0n) is 11.8. The van der Waals surface area contributed by atoms with E-state index in [1.165, 1.54) is 12.1 Å². The number of hydrogen-bond acceptors (Lipinski definition) is 3. The van der Waals surface area contributed by atoms with Crippen molar-refractivity contribution in [2.24, 2.45) is 0 Å². The summed E-state index contributed by atoms with van der Waals surface area (Å²) in [5.41, 5.74) is 1.87. The molecule has 0 aliphatic carbocycles. The average Bonchev–Trinajstić information content (AvgIpc) is 2.49. The van der Waals surface area contributed by atoms with Gasteiger partial charge in [0.25, 0.3) is 0 Å². The Labute approximate surface area is 136 Å². The molecule has 22 heavy (non-hydrogen) atoms. The molecule has 0 aliphatic heterocycles. The minimum atomic E-state index is -0.614. The summed E-state index contributed by atoms with van der Waals surface area (Å²) < 4.78 is 14.4. The maximum atomic E-state index is 13.4. The van der Waals surface area contributed by atoms with Gasteiger partial charge in [-0.05, 0) is 42.8 Å². The first kappa shape index (κ1) is 16.0. The Kier molecular flexibility index (Phi) is 5.12. The van der Waals surface area contributed by atoms with Gasteiger partial charge in [-0.15, -0.1) is 0 Å². The van der Waals surface area contributed by atoms with Crippen LogP contribution in [0.2, 0.25) is 0 Å². The molecule has 0 aliphatic rings. The molecule has 0 aromatic heterocycles. The Morgan fingerprint density at radius 1 is 1.36 bits per heavy atom. The molecule has 0 unspecified atom stereocenters. The van der Waals surface area contributed by atoms with E-state index in [1.807, 2.05) is 19.1 Å². The Morgan fingerprint density at radius 3 is 2.82 bits per heavy atom. The van der Waals surface area contributed by atoms with Gasteiger partial charge in [-0.1, -0.05) is 22.0 Å². The standard InChI is InChI=1S/C16H13BrFN3O/c1-10-7-11(5-6-13(10)17)21-16(22)9-20-15-4-2-3-14(18)12(15)8-19/h2-7,20H,9H2,1H3,(H,21,22). The van der Waals surface area contributed by atoms with E-state index in [1.54, 1.807) is 18.2 Å². The SMILES string of the molecule is Cc1cc(NC(=O)CNc2cccc(F)c2C#N)ccc1Br. The minimum absolute atomic E-state index is 0.0623. The van der Waals surface area contributed by atoms with Crippen LogP contribution in [0, 0.1) is 24.1 Å². The van der Waals surface area contributed by atoms with Gasteiger partial charge >= 0.3 is 0 Å². The lowest BCUT2D eigenvalue weighted by molar-refractivity contribution is -0.114. The van der Waals surface area contributed by atoms with Gasteiger partial charge in [0.1, 0.15) is 17.4 Å². The van der Waals surface area contributed by atoms with Crippen LogP contribution in [-0.2, 0) is 4.79 Å². The third kappa shape index (κ3) is 3.83. The Balaban J connectivity index is 2.00. The van der Waals surface area contributed by atoms with Crippen molar-refractivity contribution in [2.75, 3.05) is 17.2 Å². The van der Waals surface area contributed by atoms with Gasteiger partial charge < -0.3 is 10.6 Å². The molecule has 2 N–H and O–H groups in total. The lowest BCUT2D eigenvalue weighted by Crippen LogP contribution is -2.22. The second-order valence-corrected chi connectivity index (χ2v) is 5.49. The molecular formula is C16H13BrFN3O. The molecule has 4 nitrogen and oxygen atoms in total. The smallest absolute Gasteiger partial charge is 0.243 e. The van der Waals surface area contributed by atoms with Crippen LogP contribution in [0.4, 0.5) is 15.8 Å². The predicted molar refractivity (Wildman–Crippen MR) is 87.1 cm³/mol. The van der Waals surface area contributed by atoms with Crippen molar-refractivity contribution in [3.8, 4) is 6.07 Å². The van der Waals surface area contributed by atoms with Crippen LogP contribution in [0.15, 0.2) is 40.9 Å². The van der Waals surface area contributed by atoms with Crippen LogP contribution in [0.1, 0.15) is 11.1 Å². The molecule has 112 valence electrons. The lowest BCUT2D eigenvalue weighted by atomic mass is 10.2. The number of anilines is 2. The van der Waals surface area contributed by atoms with Crippen LogP contribution in [0.3, 0.4) is 0 Å². The van der Waals surface area contributed by atoms with E-state index in [0.717, 1.165) is 10.0 Å². The number of nitrogens with zero attached hydrogens (tertiary/aromatic N) is 1. The molecule has 6 heteroatoms. The first-order chi connectivity index (χ1) is 10.5. The van der Waals surface area contributed by atoms with E-state index in [0.29, 0.717) is 11.4 Å². The predicted octanol–water partition coefficient (Wildman–Crippen LogP) is 3.82. The summed E-state index contributed by atoms with van der Waals surface area (Å²) in [5.74, 6) is -0.897. The third-order valence-corrected chi connectivity index (χ3v) is 3.90. The molecule has 1 amide bonds. The minimum Gasteiger partial charge on any atom is -0.375 e.